The van der Waals surface area contributed by atoms with E-state index in [1.807, 2.05) is 6.92 Å². The van der Waals surface area contributed by atoms with E-state index in [2.05, 4.69) is 62.3 Å². The van der Waals surface area contributed by atoms with Gasteiger partial charge in [0.05, 0.1) is 23.2 Å². The zero-order chi connectivity index (χ0) is 78.6. The van der Waals surface area contributed by atoms with Crippen molar-refractivity contribution in [3.63, 3.8) is 0 Å². The van der Waals surface area contributed by atoms with Gasteiger partial charge in [-0.3, -0.25) is 0 Å². The third kappa shape index (κ3) is 83.8. The molecule has 0 amide bonds. The monoisotopic (exact) mass is 1440 g/mol. The SMILES string of the molecule is CC(C)(C(F)(F)F)C(F)(F)F.CC(C)(C)C(F)(F)F.CC(C)C(C)C.CCC(C)C.CCC(C)C(F)(F)F.CCCC(C(F)(F)F)C(F)(F)F.CCCCC.CCCCCC(F)(F)F.CCC[C@H](C)C(F)(F)F.C[C@@H](CCC(F)(F)F)C(F)(F)F.[2H]C(C)(C)C(F)(F)F. The van der Waals surface area contributed by atoms with E-state index in [0.717, 1.165) is 65.7 Å². The number of hydrogen-bond donors (Lipinski definition) is 0. The minimum Gasteiger partial charge on any atom is -0.171 e. The van der Waals surface area contributed by atoms with Gasteiger partial charge in [-0.2, -0.15) is 145 Å². The fraction of sp³-hybridized carbons (Fsp3) is 1.00. The number of rotatable bonds is 14. The van der Waals surface area contributed by atoms with Crippen LogP contribution in [0.3, 0.4) is 0 Å². The van der Waals surface area contributed by atoms with Crippen LogP contribution in [0.15, 0.2) is 0 Å². The maximum Gasteiger partial charge on any atom is 0.402 e. The number of unbranched alkanes of at least 4 members (excludes halogenated alkanes) is 4. The fourth-order valence-corrected chi connectivity index (χ4v) is 3.26. The van der Waals surface area contributed by atoms with Crippen LogP contribution in [0.2, 0.25) is 0 Å². The molecule has 0 rings (SSSR count). The molecule has 92 heavy (non-hydrogen) atoms. The van der Waals surface area contributed by atoms with Crippen LogP contribution in [0.5, 0.6) is 0 Å². The zero-order valence-electron chi connectivity index (χ0n) is 58.1. The molecule has 0 aliphatic rings. The van der Waals surface area contributed by atoms with E-state index < -0.39 is 134 Å². The quantitative estimate of drug-likeness (QED) is 0.120. The second-order valence-corrected chi connectivity index (χ2v) is 23.7. The lowest BCUT2D eigenvalue weighted by Crippen LogP contribution is -2.44. The van der Waals surface area contributed by atoms with Crippen LogP contribution < -0.4 is 0 Å². The molecule has 0 aliphatic carbocycles. The summed E-state index contributed by atoms with van der Waals surface area (Å²) in [7, 11) is 0. The maximum atomic E-state index is 11.7. The largest absolute Gasteiger partial charge is 0.402 e. The molecule has 574 valence electrons. The predicted molar refractivity (Wildman–Crippen MR) is 299 cm³/mol. The summed E-state index contributed by atoms with van der Waals surface area (Å²) in [4.78, 5) is 0. The van der Waals surface area contributed by atoms with Crippen molar-refractivity contribution in [2.45, 2.75) is 323 Å². The molecule has 0 saturated carbocycles. The van der Waals surface area contributed by atoms with Crippen LogP contribution in [-0.4, -0.2) is 67.9 Å². The fourth-order valence-electron chi connectivity index (χ4n) is 3.26. The van der Waals surface area contributed by atoms with Crippen molar-refractivity contribution in [2.75, 3.05) is 0 Å². The topological polar surface area (TPSA) is 0 Å². The van der Waals surface area contributed by atoms with Crippen molar-refractivity contribution < 1.29 is 146 Å². The van der Waals surface area contributed by atoms with Crippen molar-refractivity contribution in [1.82, 2.24) is 0 Å². The van der Waals surface area contributed by atoms with Crippen LogP contribution in [-0.2, 0) is 0 Å². The van der Waals surface area contributed by atoms with Crippen LogP contribution in [0.1, 0.15) is 257 Å². The van der Waals surface area contributed by atoms with Gasteiger partial charge in [0.15, 0.2) is 11.3 Å². The molecule has 0 fully saturated rings. The first-order valence-electron chi connectivity index (χ1n) is 29.9. The highest BCUT2D eigenvalue weighted by atomic mass is 19.5. The summed E-state index contributed by atoms with van der Waals surface area (Å²) in [5.74, 6) is -7.07. The predicted octanol–water partition coefficient (Wildman–Crippen LogP) is 30.2. The Morgan fingerprint density at radius 3 is 0.620 bits per heavy atom. The second-order valence-electron chi connectivity index (χ2n) is 23.7. The van der Waals surface area contributed by atoms with Gasteiger partial charge in [-0.25, -0.2) is 0 Å². The lowest BCUT2D eigenvalue weighted by molar-refractivity contribution is -0.327. The van der Waals surface area contributed by atoms with Gasteiger partial charge in [0.1, 0.15) is 0 Å². The van der Waals surface area contributed by atoms with E-state index in [9.17, 15) is 145 Å². The summed E-state index contributed by atoms with van der Waals surface area (Å²) < 4.78 is 388. The third-order valence-corrected chi connectivity index (χ3v) is 12.0. The van der Waals surface area contributed by atoms with Crippen LogP contribution in [0.4, 0.5) is 145 Å². The minimum absolute atomic E-state index is 0.104. The molecule has 0 N–H and O–H groups in total. The molecule has 3 atom stereocenters. The van der Waals surface area contributed by atoms with Gasteiger partial charge < -0.3 is 0 Å². The van der Waals surface area contributed by atoms with E-state index in [4.69, 9.17) is 1.37 Å². The number of alkyl halides is 33. The average Bonchev–Trinajstić information content (AvgIpc) is 0.808. The van der Waals surface area contributed by atoms with Crippen molar-refractivity contribution in [3.8, 4) is 0 Å². The molecule has 0 spiro atoms. The van der Waals surface area contributed by atoms with Gasteiger partial charge in [0, 0.05) is 20.1 Å². The number of halogens is 33. The Morgan fingerprint density at radius 2 is 0.533 bits per heavy atom. The lowest BCUT2D eigenvalue weighted by atomic mass is 9.92. The van der Waals surface area contributed by atoms with Gasteiger partial charge in [-0.05, 0) is 63.7 Å². The first-order chi connectivity index (χ1) is 40.2. The summed E-state index contributed by atoms with van der Waals surface area (Å²) in [5, 5.41) is 0. The van der Waals surface area contributed by atoms with Gasteiger partial charge in [-0.1, -0.05) is 197 Å². The Balaban J connectivity index is -0.0000000892. The van der Waals surface area contributed by atoms with E-state index >= 15 is 0 Å². The third-order valence-electron chi connectivity index (χ3n) is 12.0. The van der Waals surface area contributed by atoms with E-state index in [0.29, 0.717) is 12.8 Å². The van der Waals surface area contributed by atoms with Crippen molar-refractivity contribution in [3.05, 3.63) is 0 Å². The van der Waals surface area contributed by atoms with Gasteiger partial charge in [-0.15, -0.1) is 0 Å². The summed E-state index contributed by atoms with van der Waals surface area (Å²) >= 11 is 0. The Morgan fingerprint density at radius 1 is 0.283 bits per heavy atom. The van der Waals surface area contributed by atoms with Crippen LogP contribution in [0, 0.1) is 58.1 Å². The molecule has 33 heteroatoms. The molecular formula is C59H107F33. The maximum absolute atomic E-state index is 11.7. The highest BCUT2D eigenvalue weighted by molar-refractivity contribution is 4.84. The highest BCUT2D eigenvalue weighted by Gasteiger charge is 2.64. The molecule has 0 aromatic heterocycles. The molecule has 0 bridgehead atoms. The molecular weight excluding hydrogens is 1340 g/mol. The molecule has 0 aliphatic heterocycles. The van der Waals surface area contributed by atoms with Gasteiger partial charge in [0.25, 0.3) is 0 Å². The average molecular weight is 1440 g/mol. The zero-order valence-corrected chi connectivity index (χ0v) is 57.1. The summed E-state index contributed by atoms with van der Waals surface area (Å²) in [6.45, 7) is 34.9. The molecule has 0 saturated heterocycles. The Hall–Kier alpha value is -2.31. The Labute approximate surface area is 527 Å². The van der Waals surface area contributed by atoms with E-state index in [1.165, 1.54) is 53.4 Å². The molecule has 0 nitrogen and oxygen atoms in total. The van der Waals surface area contributed by atoms with Crippen molar-refractivity contribution in [1.29, 1.82) is 0 Å². The van der Waals surface area contributed by atoms with E-state index in [-0.39, 0.29) is 39.5 Å². The molecule has 0 aromatic rings. The van der Waals surface area contributed by atoms with Gasteiger partial charge >= 0.3 is 67.9 Å². The first-order valence-corrected chi connectivity index (χ1v) is 29.4. The molecule has 0 heterocycles. The smallest absolute Gasteiger partial charge is 0.171 e. The lowest BCUT2D eigenvalue weighted by Gasteiger charge is -2.29. The van der Waals surface area contributed by atoms with Gasteiger partial charge in [0.2, 0.25) is 0 Å². The Bertz CT molecular complexity index is 1530. The van der Waals surface area contributed by atoms with Crippen molar-refractivity contribution in [2.24, 2.45) is 58.1 Å². The minimum atomic E-state index is -5.24. The van der Waals surface area contributed by atoms with Crippen molar-refractivity contribution >= 4 is 0 Å². The highest BCUT2D eigenvalue weighted by Crippen LogP contribution is 2.49. The molecule has 1 unspecified atom stereocenters. The summed E-state index contributed by atoms with van der Waals surface area (Å²) in [6, 6.07) is 0. The standard InChI is InChI=1S/2C6H8F6.2C6H11F3.C6H14.C5H6F6.2C5H9F3.2C5H12.C4H7F3/c1-4(6(10,11)12)2-3-5(7,8)9;1-2-3-4(5(7,8)9)6(10,11)12;1-3-4-5(2)6(7,8)9;1-2-3-4-5-6(7,8)9;1-5(2)6(3)4;1-3(2,4(6,7)8)5(9,10)11;1-4(2,3)5(6,7)8;1-3-4(2)5(6,7)8;1-4-5(2)3;1-3-5-4-2;1-3(2)4(5,6)7/h2*4H,2-3H2,1H3;5H,3-4H2,1-2H3;2-5H2,1H3;5-6H,1-4H3;1-2H3;1-3H3;4H,3H2,1-2H3;5H,4H2,1-3H3;3-5H2,1-2H3;3H,1-2H3/t4-;;5-;;;;;;;;/m0.0......../s1/i;;;;;;;;;;3D. The van der Waals surface area contributed by atoms with Crippen LogP contribution in [0.25, 0.3) is 0 Å². The number of hydrogen-bond acceptors (Lipinski definition) is 0. The second kappa shape index (κ2) is 51.8. The van der Waals surface area contributed by atoms with E-state index in [1.54, 1.807) is 6.92 Å². The van der Waals surface area contributed by atoms with Crippen LogP contribution >= 0.6 is 0 Å². The normalized spacial score (nSPS) is 14.1. The molecule has 0 aromatic carbocycles. The Kier molecular flexibility index (Phi) is 62.6. The summed E-state index contributed by atoms with van der Waals surface area (Å²) in [6.07, 6.45) is -46.0. The summed E-state index contributed by atoms with van der Waals surface area (Å²) in [5.41, 5.74) is -5.19. The molecule has 0 radical (unpaired) electrons. The first kappa shape index (κ1) is 111.